The van der Waals surface area contributed by atoms with Gasteiger partial charge in [-0.05, 0) is 70.6 Å². The van der Waals surface area contributed by atoms with Crippen molar-refractivity contribution in [2.24, 2.45) is 5.73 Å². The SMILES string of the molecule is CCCC/C=C\C/C=C\CCCCCCCCOCC(COP(=O)(O)OCCN)OC(=O)CCCCCCC/C=C\C/C=C\CCCCC. The van der Waals surface area contributed by atoms with E-state index >= 15 is 0 Å². The molecule has 0 aromatic heterocycles. The Morgan fingerprint density at radius 2 is 1.10 bits per heavy atom. The first-order chi connectivity index (χ1) is 23.9. The Bertz CT molecular complexity index is 890. The molecule has 0 aliphatic carbocycles. The summed E-state index contributed by atoms with van der Waals surface area (Å²) in [5.74, 6) is -0.350. The van der Waals surface area contributed by atoms with Gasteiger partial charge in [0.2, 0.25) is 0 Å². The monoisotopic (exact) mass is 712 g/mol. The van der Waals surface area contributed by atoms with Gasteiger partial charge in [0, 0.05) is 19.6 Å². The smallest absolute Gasteiger partial charge is 0.457 e. The molecular formula is C40H74NO7P. The summed E-state index contributed by atoms with van der Waals surface area (Å²) >= 11 is 0. The molecule has 0 heterocycles. The van der Waals surface area contributed by atoms with Crippen molar-refractivity contribution >= 4 is 13.8 Å². The quantitative estimate of drug-likeness (QED) is 0.0283. The molecule has 0 aromatic rings. The van der Waals surface area contributed by atoms with Gasteiger partial charge in [-0.1, -0.05) is 133 Å². The van der Waals surface area contributed by atoms with Gasteiger partial charge in [0.1, 0.15) is 6.10 Å². The molecule has 2 unspecified atom stereocenters. The van der Waals surface area contributed by atoms with Gasteiger partial charge in [0.05, 0.1) is 19.8 Å². The summed E-state index contributed by atoms with van der Waals surface area (Å²) < 4.78 is 33.3. The third kappa shape index (κ3) is 37.5. The van der Waals surface area contributed by atoms with Crippen molar-refractivity contribution in [2.45, 2.75) is 168 Å². The Kier molecular flexibility index (Phi) is 36.5. The number of phosphoric acid groups is 1. The van der Waals surface area contributed by atoms with Crippen molar-refractivity contribution in [2.75, 3.05) is 33.0 Å². The van der Waals surface area contributed by atoms with Crippen LogP contribution >= 0.6 is 7.82 Å². The summed E-state index contributed by atoms with van der Waals surface area (Å²) in [4.78, 5) is 22.4. The zero-order chi connectivity index (χ0) is 35.9. The topological polar surface area (TPSA) is 117 Å². The molecule has 0 radical (unpaired) electrons. The van der Waals surface area contributed by atoms with Crippen molar-refractivity contribution in [3.8, 4) is 0 Å². The number of rotatable bonds is 37. The number of allylic oxidation sites excluding steroid dienone is 8. The predicted octanol–water partition coefficient (Wildman–Crippen LogP) is 11.2. The molecule has 0 saturated heterocycles. The Labute approximate surface area is 301 Å². The molecule has 49 heavy (non-hydrogen) atoms. The largest absolute Gasteiger partial charge is 0.472 e. The highest BCUT2D eigenvalue weighted by Crippen LogP contribution is 2.43. The normalized spacial score (nSPS) is 14.1. The third-order valence-electron chi connectivity index (χ3n) is 7.97. The fourth-order valence-corrected chi connectivity index (χ4v) is 5.81. The molecule has 0 rings (SSSR count). The lowest BCUT2D eigenvalue weighted by Crippen LogP contribution is -2.28. The van der Waals surface area contributed by atoms with E-state index in [9.17, 15) is 14.3 Å². The number of hydrogen-bond acceptors (Lipinski definition) is 7. The Hall–Kier alpha value is -1.54. The van der Waals surface area contributed by atoms with Gasteiger partial charge < -0.3 is 20.1 Å². The summed E-state index contributed by atoms with van der Waals surface area (Å²) in [6, 6.07) is 0. The van der Waals surface area contributed by atoms with E-state index in [-0.39, 0.29) is 32.3 Å². The van der Waals surface area contributed by atoms with Crippen LogP contribution in [0.4, 0.5) is 0 Å². The van der Waals surface area contributed by atoms with Gasteiger partial charge in [0.15, 0.2) is 0 Å². The third-order valence-corrected chi connectivity index (χ3v) is 8.95. The van der Waals surface area contributed by atoms with Crippen LogP contribution in [-0.4, -0.2) is 49.9 Å². The second-order valence-electron chi connectivity index (χ2n) is 12.8. The zero-order valence-electron chi connectivity index (χ0n) is 31.4. The van der Waals surface area contributed by atoms with Gasteiger partial charge in [-0.25, -0.2) is 4.57 Å². The van der Waals surface area contributed by atoms with Crippen LogP contribution in [-0.2, 0) is 27.9 Å². The van der Waals surface area contributed by atoms with E-state index in [4.69, 9.17) is 24.3 Å². The minimum absolute atomic E-state index is 0.0944. The minimum Gasteiger partial charge on any atom is -0.457 e. The van der Waals surface area contributed by atoms with E-state index in [2.05, 4.69) is 62.5 Å². The molecule has 8 nitrogen and oxygen atoms in total. The fourth-order valence-electron chi connectivity index (χ4n) is 5.04. The van der Waals surface area contributed by atoms with E-state index in [0.29, 0.717) is 13.0 Å². The Morgan fingerprint density at radius 3 is 1.65 bits per heavy atom. The zero-order valence-corrected chi connectivity index (χ0v) is 32.3. The second-order valence-corrected chi connectivity index (χ2v) is 14.2. The van der Waals surface area contributed by atoms with E-state index in [1.165, 1.54) is 64.2 Å². The van der Waals surface area contributed by atoms with Gasteiger partial charge >= 0.3 is 13.8 Å². The number of unbranched alkanes of at least 4 members (excludes halogenated alkanes) is 16. The summed E-state index contributed by atoms with van der Waals surface area (Å²) in [5.41, 5.74) is 5.35. The van der Waals surface area contributed by atoms with Crippen molar-refractivity contribution in [1.82, 2.24) is 0 Å². The average molecular weight is 712 g/mol. The van der Waals surface area contributed by atoms with Gasteiger partial charge in [0.25, 0.3) is 0 Å². The van der Waals surface area contributed by atoms with Crippen LogP contribution in [0.25, 0.3) is 0 Å². The number of carbonyl (C=O) groups excluding carboxylic acids is 1. The standard InChI is InChI=1S/C40H74NO7P/c1-3-5-7-9-11-13-15-17-19-21-23-25-27-29-31-33-40(42)48-39(38-47-49(43,44)46-36-34-41)37-45-35-32-30-28-26-24-22-20-18-16-14-12-10-8-6-4-2/h10-13,16-19,39H,3-9,14-15,20-38,41H2,1-2H3,(H,43,44)/b12-10-,13-11-,18-16-,19-17-. The molecule has 286 valence electrons. The minimum atomic E-state index is -4.28. The molecule has 0 aliphatic rings. The highest BCUT2D eigenvalue weighted by Gasteiger charge is 2.25. The van der Waals surface area contributed by atoms with E-state index < -0.39 is 13.9 Å². The maximum Gasteiger partial charge on any atom is 0.472 e. The lowest BCUT2D eigenvalue weighted by molar-refractivity contribution is -0.154. The second kappa shape index (κ2) is 37.7. The molecule has 3 N–H and O–H groups in total. The number of phosphoric ester groups is 1. The number of esters is 1. The van der Waals surface area contributed by atoms with Crippen LogP contribution in [0, 0.1) is 0 Å². The van der Waals surface area contributed by atoms with Crippen LogP contribution in [0.3, 0.4) is 0 Å². The lowest BCUT2D eigenvalue weighted by Gasteiger charge is -2.20. The number of hydrogen-bond donors (Lipinski definition) is 2. The summed E-state index contributed by atoms with van der Waals surface area (Å²) in [6.45, 7) is 4.80. The molecule has 0 aromatic carbocycles. The highest BCUT2D eigenvalue weighted by molar-refractivity contribution is 7.47. The lowest BCUT2D eigenvalue weighted by atomic mass is 10.1. The van der Waals surface area contributed by atoms with Crippen molar-refractivity contribution in [1.29, 1.82) is 0 Å². The maximum absolute atomic E-state index is 12.5. The van der Waals surface area contributed by atoms with E-state index in [1.54, 1.807) is 0 Å². The Morgan fingerprint density at radius 1 is 0.612 bits per heavy atom. The van der Waals surface area contributed by atoms with Gasteiger partial charge in [-0.3, -0.25) is 13.8 Å². The summed E-state index contributed by atoms with van der Waals surface area (Å²) in [6.07, 6.45) is 42.6. The van der Waals surface area contributed by atoms with Crippen molar-refractivity contribution < 1.29 is 32.8 Å². The van der Waals surface area contributed by atoms with E-state index in [1.807, 2.05) is 0 Å². The first-order valence-corrected chi connectivity index (χ1v) is 21.1. The number of nitrogens with two attached hydrogens (primary N) is 1. The van der Waals surface area contributed by atoms with Crippen molar-refractivity contribution in [3.63, 3.8) is 0 Å². The molecule has 0 spiro atoms. The first-order valence-electron chi connectivity index (χ1n) is 19.6. The van der Waals surface area contributed by atoms with E-state index in [0.717, 1.165) is 77.0 Å². The highest BCUT2D eigenvalue weighted by atomic mass is 31.2. The molecule has 0 bridgehead atoms. The van der Waals surface area contributed by atoms with Crippen LogP contribution in [0.1, 0.15) is 162 Å². The first kappa shape index (κ1) is 47.5. The predicted molar refractivity (Wildman–Crippen MR) is 206 cm³/mol. The van der Waals surface area contributed by atoms with Crippen LogP contribution < -0.4 is 5.73 Å². The summed E-state index contributed by atoms with van der Waals surface area (Å²) in [5, 5.41) is 0. The number of ether oxygens (including phenoxy) is 2. The molecule has 0 saturated carbocycles. The van der Waals surface area contributed by atoms with Crippen LogP contribution in [0.5, 0.6) is 0 Å². The molecule has 0 fully saturated rings. The van der Waals surface area contributed by atoms with Crippen LogP contribution in [0.15, 0.2) is 48.6 Å². The molecule has 0 amide bonds. The molecular weight excluding hydrogens is 637 g/mol. The van der Waals surface area contributed by atoms with Crippen molar-refractivity contribution in [3.05, 3.63) is 48.6 Å². The van der Waals surface area contributed by atoms with Gasteiger partial charge in [-0.2, -0.15) is 0 Å². The Balaban J connectivity index is 4.13. The summed E-state index contributed by atoms with van der Waals surface area (Å²) in [7, 11) is -4.28. The van der Waals surface area contributed by atoms with Crippen LogP contribution in [0.2, 0.25) is 0 Å². The molecule has 2 atom stereocenters. The maximum atomic E-state index is 12.5. The number of carbonyl (C=O) groups is 1. The fraction of sp³-hybridized carbons (Fsp3) is 0.775. The van der Waals surface area contributed by atoms with Gasteiger partial charge in [-0.15, -0.1) is 0 Å². The molecule has 0 aliphatic heterocycles. The molecule has 9 heteroatoms. The average Bonchev–Trinajstić information content (AvgIpc) is 3.09.